The number of anilines is 1. The lowest BCUT2D eigenvalue weighted by molar-refractivity contribution is 0.247. The predicted octanol–water partition coefficient (Wildman–Crippen LogP) is 2.82. The van der Waals surface area contributed by atoms with Crippen LogP contribution in [0.3, 0.4) is 0 Å². The van der Waals surface area contributed by atoms with Crippen molar-refractivity contribution in [1.82, 2.24) is 14.3 Å². The minimum absolute atomic E-state index is 0.571. The zero-order valence-corrected chi connectivity index (χ0v) is 13.7. The zero-order valence-electron chi connectivity index (χ0n) is 11.3. The molecule has 0 bridgehead atoms. The maximum absolute atomic E-state index is 4.80. The van der Waals surface area contributed by atoms with Gasteiger partial charge in [-0.2, -0.15) is 0 Å². The number of likely N-dealkylation sites (N-methyl/N-ethyl adjacent to an activating group) is 2. The predicted molar refractivity (Wildman–Crippen MR) is 84.6 cm³/mol. The Morgan fingerprint density at radius 1 is 1.58 bits per heavy atom. The third-order valence-corrected chi connectivity index (χ3v) is 5.24. The van der Waals surface area contributed by atoms with Crippen LogP contribution in [0.15, 0.2) is 11.6 Å². The molecule has 1 aliphatic rings. The van der Waals surface area contributed by atoms with Gasteiger partial charge in [0, 0.05) is 36.5 Å². The second-order valence-corrected chi connectivity index (χ2v) is 6.67. The summed E-state index contributed by atoms with van der Waals surface area (Å²) in [5.41, 5.74) is 1.26. The number of rotatable bonds is 3. The first-order chi connectivity index (χ1) is 9.20. The molecule has 1 aliphatic heterocycles. The second kappa shape index (κ2) is 5.42. The molecule has 1 fully saturated rings. The quantitative estimate of drug-likeness (QED) is 0.801. The monoisotopic (exact) mass is 342 g/mol. The van der Waals surface area contributed by atoms with Crippen LogP contribution >= 0.6 is 27.3 Å². The van der Waals surface area contributed by atoms with Crippen LogP contribution in [0, 0.1) is 0 Å². The number of aromatic nitrogens is 2. The van der Waals surface area contributed by atoms with Crippen LogP contribution in [-0.2, 0) is 5.33 Å². The van der Waals surface area contributed by atoms with Gasteiger partial charge in [-0.25, -0.2) is 4.98 Å². The van der Waals surface area contributed by atoms with Crippen molar-refractivity contribution in [2.24, 2.45) is 0 Å². The molecule has 0 aliphatic carbocycles. The fourth-order valence-corrected chi connectivity index (χ4v) is 4.11. The largest absolute Gasteiger partial charge is 0.354 e. The maximum Gasteiger partial charge on any atom is 0.195 e. The molecule has 2 aromatic heterocycles. The van der Waals surface area contributed by atoms with Gasteiger partial charge in [-0.1, -0.05) is 15.9 Å². The Morgan fingerprint density at radius 2 is 2.42 bits per heavy atom. The van der Waals surface area contributed by atoms with E-state index in [1.807, 2.05) is 0 Å². The van der Waals surface area contributed by atoms with Crippen LogP contribution < -0.4 is 4.90 Å². The molecule has 3 heterocycles. The van der Waals surface area contributed by atoms with Gasteiger partial charge in [0.15, 0.2) is 10.8 Å². The molecule has 0 amide bonds. The summed E-state index contributed by atoms with van der Waals surface area (Å²) in [5, 5.41) is 2.93. The van der Waals surface area contributed by atoms with Crippen LogP contribution in [0.1, 0.15) is 18.5 Å². The first-order valence-corrected chi connectivity index (χ1v) is 8.62. The molecule has 104 valence electrons. The van der Waals surface area contributed by atoms with Crippen molar-refractivity contribution < 1.29 is 0 Å². The average Bonchev–Trinajstić information content (AvgIpc) is 2.97. The van der Waals surface area contributed by atoms with E-state index in [9.17, 15) is 0 Å². The number of fused-ring (bicyclic) bond motifs is 1. The Kier molecular flexibility index (Phi) is 3.82. The van der Waals surface area contributed by atoms with Crippen molar-refractivity contribution in [3.05, 3.63) is 17.3 Å². The molecule has 0 spiro atoms. The van der Waals surface area contributed by atoms with Crippen LogP contribution in [0.25, 0.3) is 4.96 Å². The highest BCUT2D eigenvalue weighted by Crippen LogP contribution is 2.28. The lowest BCUT2D eigenvalue weighted by Crippen LogP contribution is -2.45. The summed E-state index contributed by atoms with van der Waals surface area (Å²) in [6, 6.07) is 0.571. The smallest absolute Gasteiger partial charge is 0.195 e. The highest BCUT2D eigenvalue weighted by atomic mass is 79.9. The summed E-state index contributed by atoms with van der Waals surface area (Å²) in [4.78, 5) is 10.7. The number of imidazole rings is 1. The van der Waals surface area contributed by atoms with E-state index < -0.39 is 0 Å². The first-order valence-electron chi connectivity index (χ1n) is 6.62. The molecule has 0 N–H and O–H groups in total. The van der Waals surface area contributed by atoms with Gasteiger partial charge in [-0.3, -0.25) is 4.40 Å². The van der Waals surface area contributed by atoms with E-state index in [0.29, 0.717) is 6.04 Å². The molecule has 1 saturated heterocycles. The van der Waals surface area contributed by atoms with E-state index >= 15 is 0 Å². The molecule has 2 aromatic rings. The molecule has 1 unspecified atom stereocenters. The Hall–Kier alpha value is -0.590. The van der Waals surface area contributed by atoms with Gasteiger partial charge in [0.1, 0.15) is 0 Å². The SMILES string of the molecule is CN1CCCC(N(C)c2nc3sccn3c2CBr)C1. The second-order valence-electron chi connectivity index (χ2n) is 5.24. The van der Waals surface area contributed by atoms with Crippen molar-refractivity contribution in [3.63, 3.8) is 0 Å². The fourth-order valence-electron chi connectivity index (χ4n) is 2.86. The number of thiazole rings is 1. The summed E-state index contributed by atoms with van der Waals surface area (Å²) in [6.45, 7) is 2.34. The summed E-state index contributed by atoms with van der Waals surface area (Å²) in [7, 11) is 4.39. The Balaban J connectivity index is 1.91. The summed E-state index contributed by atoms with van der Waals surface area (Å²) in [5.74, 6) is 1.13. The first kappa shape index (κ1) is 13.4. The summed E-state index contributed by atoms with van der Waals surface area (Å²) >= 11 is 5.30. The minimum atomic E-state index is 0.571. The van der Waals surface area contributed by atoms with E-state index in [0.717, 1.165) is 22.7 Å². The lowest BCUT2D eigenvalue weighted by atomic mass is 10.1. The van der Waals surface area contributed by atoms with Gasteiger partial charge < -0.3 is 9.80 Å². The molecule has 6 heteroatoms. The number of likely N-dealkylation sites (tertiary alicyclic amines) is 1. The topological polar surface area (TPSA) is 23.8 Å². The third kappa shape index (κ3) is 2.41. The standard InChI is InChI=1S/C13H19BrN4S/c1-16-5-3-4-10(9-16)17(2)12-11(8-14)18-6-7-19-13(18)15-12/h6-7,10H,3-5,8-9H2,1-2H3. The fraction of sp³-hybridized carbons (Fsp3) is 0.615. The van der Waals surface area contributed by atoms with Crippen molar-refractivity contribution in [1.29, 1.82) is 0 Å². The lowest BCUT2D eigenvalue weighted by Gasteiger charge is -2.36. The van der Waals surface area contributed by atoms with Crippen LogP contribution in [0.4, 0.5) is 5.82 Å². The number of alkyl halides is 1. The van der Waals surface area contributed by atoms with Gasteiger partial charge in [-0.15, -0.1) is 11.3 Å². The van der Waals surface area contributed by atoms with Crippen molar-refractivity contribution >= 4 is 38.0 Å². The number of hydrogen-bond donors (Lipinski definition) is 0. The van der Waals surface area contributed by atoms with E-state index in [1.54, 1.807) is 11.3 Å². The number of halogens is 1. The zero-order chi connectivity index (χ0) is 13.4. The average molecular weight is 343 g/mol. The maximum atomic E-state index is 4.80. The highest BCUT2D eigenvalue weighted by Gasteiger charge is 2.25. The molecule has 1 atom stereocenters. The molecule has 0 radical (unpaired) electrons. The molecule has 19 heavy (non-hydrogen) atoms. The number of piperidine rings is 1. The number of nitrogens with zero attached hydrogens (tertiary/aromatic N) is 4. The van der Waals surface area contributed by atoms with Crippen molar-refractivity contribution in [2.45, 2.75) is 24.2 Å². The normalized spacial score (nSPS) is 21.1. The Morgan fingerprint density at radius 3 is 3.16 bits per heavy atom. The van der Waals surface area contributed by atoms with Gasteiger partial charge in [-0.05, 0) is 26.4 Å². The van der Waals surface area contributed by atoms with Gasteiger partial charge in [0.25, 0.3) is 0 Å². The number of hydrogen-bond acceptors (Lipinski definition) is 4. The summed E-state index contributed by atoms with van der Waals surface area (Å²) in [6.07, 6.45) is 4.64. The van der Waals surface area contributed by atoms with Crippen LogP contribution in [0.2, 0.25) is 0 Å². The molecule has 3 rings (SSSR count). The van der Waals surface area contributed by atoms with Gasteiger partial charge in [0.05, 0.1) is 5.69 Å². The van der Waals surface area contributed by atoms with Crippen molar-refractivity contribution in [3.8, 4) is 0 Å². The molecular formula is C13H19BrN4S. The molecule has 0 saturated carbocycles. The van der Waals surface area contributed by atoms with Crippen LogP contribution in [-0.4, -0.2) is 47.5 Å². The van der Waals surface area contributed by atoms with Crippen molar-refractivity contribution in [2.75, 3.05) is 32.1 Å². The Labute approximate surface area is 126 Å². The molecular weight excluding hydrogens is 324 g/mol. The molecule has 4 nitrogen and oxygen atoms in total. The van der Waals surface area contributed by atoms with E-state index in [-0.39, 0.29) is 0 Å². The van der Waals surface area contributed by atoms with Gasteiger partial charge >= 0.3 is 0 Å². The van der Waals surface area contributed by atoms with E-state index in [1.165, 1.54) is 25.1 Å². The third-order valence-electron chi connectivity index (χ3n) is 3.95. The highest BCUT2D eigenvalue weighted by molar-refractivity contribution is 9.08. The van der Waals surface area contributed by atoms with E-state index in [2.05, 4.69) is 55.8 Å². The summed E-state index contributed by atoms with van der Waals surface area (Å²) < 4.78 is 2.19. The minimum Gasteiger partial charge on any atom is -0.354 e. The molecule has 0 aromatic carbocycles. The van der Waals surface area contributed by atoms with E-state index in [4.69, 9.17) is 4.98 Å². The van der Waals surface area contributed by atoms with Gasteiger partial charge in [0.2, 0.25) is 0 Å². The Bertz CT molecular complexity index is 564. The van der Waals surface area contributed by atoms with Crippen LogP contribution in [0.5, 0.6) is 0 Å².